The molecule has 0 amide bonds. The molecule has 0 radical (unpaired) electrons. The molecule has 0 atom stereocenters. The second-order valence-electron chi connectivity index (χ2n) is 3.84. The monoisotopic (exact) mass is 200 g/mol. The Bertz CT molecular complexity index is 216. The zero-order valence-corrected chi connectivity index (χ0v) is 8.36. The van der Waals surface area contributed by atoms with Gasteiger partial charge in [-0.1, -0.05) is 0 Å². The Morgan fingerprint density at radius 2 is 1.86 bits per heavy atom. The molecule has 0 bridgehead atoms. The van der Waals surface area contributed by atoms with Gasteiger partial charge in [-0.05, 0) is 31.6 Å². The smallest absolute Gasteiger partial charge is 0.306 e. The Morgan fingerprint density at radius 1 is 1.29 bits per heavy atom. The average molecular weight is 200 g/mol. The Labute approximate surface area is 83.2 Å². The summed E-state index contributed by atoms with van der Waals surface area (Å²) in [6.07, 6.45) is 3.47. The summed E-state index contributed by atoms with van der Waals surface area (Å²) in [5.41, 5.74) is 0. The maximum atomic E-state index is 11.0. The van der Waals surface area contributed by atoms with Crippen LogP contribution in [0.25, 0.3) is 0 Å². The average Bonchev–Trinajstić information content (AvgIpc) is 2.18. The summed E-state index contributed by atoms with van der Waals surface area (Å²) in [7, 11) is 1.38. The molecule has 1 N–H and O–H groups in total. The first-order valence-corrected chi connectivity index (χ1v) is 4.93. The molecule has 0 aromatic rings. The van der Waals surface area contributed by atoms with Crippen molar-refractivity contribution < 1.29 is 19.4 Å². The molecule has 0 aromatic heterocycles. The van der Waals surface area contributed by atoms with E-state index in [1.165, 1.54) is 7.11 Å². The first-order chi connectivity index (χ1) is 6.63. The quantitative estimate of drug-likeness (QED) is 0.700. The molecule has 0 aliphatic heterocycles. The lowest BCUT2D eigenvalue weighted by Crippen LogP contribution is -2.23. The first kappa shape index (κ1) is 11.0. The van der Waals surface area contributed by atoms with Gasteiger partial charge in [0.15, 0.2) is 0 Å². The molecule has 1 rings (SSSR count). The van der Waals surface area contributed by atoms with Crippen LogP contribution in [-0.2, 0) is 14.3 Å². The Hall–Kier alpha value is -1.06. The van der Waals surface area contributed by atoms with E-state index in [0.29, 0.717) is 25.2 Å². The lowest BCUT2D eigenvalue weighted by Gasteiger charge is -2.24. The van der Waals surface area contributed by atoms with Crippen molar-refractivity contribution >= 4 is 11.9 Å². The van der Waals surface area contributed by atoms with Crippen molar-refractivity contribution in [1.82, 2.24) is 0 Å². The number of carbonyl (C=O) groups is 2. The van der Waals surface area contributed by atoms with E-state index in [9.17, 15) is 9.59 Å². The molecular formula is C10H16O4. The summed E-state index contributed by atoms with van der Waals surface area (Å²) < 4.78 is 4.57. The zero-order chi connectivity index (χ0) is 10.6. The standard InChI is InChI=1S/C10H16O4/c1-14-9(11)6-7-2-4-8(5-3-7)10(12)13/h7-8H,2-6H2,1H3,(H,12,13)/t7-,8-. The van der Waals surface area contributed by atoms with E-state index < -0.39 is 5.97 Å². The largest absolute Gasteiger partial charge is 0.481 e. The number of hydrogen-bond acceptors (Lipinski definition) is 3. The molecule has 0 aromatic carbocycles. The van der Waals surface area contributed by atoms with Crippen LogP contribution in [0.15, 0.2) is 0 Å². The van der Waals surface area contributed by atoms with Crippen LogP contribution < -0.4 is 0 Å². The Morgan fingerprint density at radius 3 is 2.29 bits per heavy atom. The molecule has 0 heterocycles. The summed E-state index contributed by atoms with van der Waals surface area (Å²) >= 11 is 0. The molecular weight excluding hydrogens is 184 g/mol. The zero-order valence-electron chi connectivity index (χ0n) is 8.36. The third-order valence-corrected chi connectivity index (χ3v) is 2.88. The van der Waals surface area contributed by atoms with Gasteiger partial charge in [-0.15, -0.1) is 0 Å². The lowest BCUT2D eigenvalue weighted by atomic mass is 9.80. The summed E-state index contributed by atoms with van der Waals surface area (Å²) in [4.78, 5) is 21.6. The van der Waals surface area contributed by atoms with Crippen LogP contribution in [0.3, 0.4) is 0 Å². The van der Waals surface area contributed by atoms with E-state index >= 15 is 0 Å². The van der Waals surface area contributed by atoms with Gasteiger partial charge in [0.05, 0.1) is 13.0 Å². The summed E-state index contributed by atoms with van der Waals surface area (Å²) in [5.74, 6) is -0.785. The van der Waals surface area contributed by atoms with Crippen molar-refractivity contribution in [3.05, 3.63) is 0 Å². The normalized spacial score (nSPS) is 26.9. The molecule has 14 heavy (non-hydrogen) atoms. The van der Waals surface area contributed by atoms with Gasteiger partial charge in [-0.25, -0.2) is 0 Å². The molecule has 1 aliphatic carbocycles. The van der Waals surface area contributed by atoms with E-state index in [1.54, 1.807) is 0 Å². The van der Waals surface area contributed by atoms with Gasteiger partial charge in [-0.2, -0.15) is 0 Å². The number of esters is 1. The van der Waals surface area contributed by atoms with Crippen molar-refractivity contribution in [3.63, 3.8) is 0 Å². The Kier molecular flexibility index (Phi) is 3.92. The molecule has 4 heteroatoms. The van der Waals surface area contributed by atoms with Crippen LogP contribution in [0.5, 0.6) is 0 Å². The first-order valence-electron chi connectivity index (χ1n) is 4.93. The fourth-order valence-corrected chi connectivity index (χ4v) is 1.93. The van der Waals surface area contributed by atoms with Gasteiger partial charge in [-0.3, -0.25) is 9.59 Å². The topological polar surface area (TPSA) is 63.6 Å². The van der Waals surface area contributed by atoms with E-state index in [4.69, 9.17) is 5.11 Å². The van der Waals surface area contributed by atoms with E-state index in [2.05, 4.69) is 4.74 Å². The van der Waals surface area contributed by atoms with Crippen LogP contribution in [0.2, 0.25) is 0 Å². The summed E-state index contributed by atoms with van der Waals surface area (Å²) in [6, 6.07) is 0. The number of carbonyl (C=O) groups excluding carboxylic acids is 1. The van der Waals surface area contributed by atoms with Crippen LogP contribution >= 0.6 is 0 Å². The molecule has 1 aliphatic rings. The molecule has 0 saturated heterocycles. The number of rotatable bonds is 3. The predicted octanol–water partition coefficient (Wildman–Crippen LogP) is 1.44. The number of aliphatic carboxylic acids is 1. The summed E-state index contributed by atoms with van der Waals surface area (Å²) in [5, 5.41) is 8.76. The van der Waals surface area contributed by atoms with Crippen LogP contribution in [0, 0.1) is 11.8 Å². The number of hydrogen-bond donors (Lipinski definition) is 1. The fraction of sp³-hybridized carbons (Fsp3) is 0.800. The van der Waals surface area contributed by atoms with E-state index in [1.807, 2.05) is 0 Å². The van der Waals surface area contributed by atoms with Gasteiger partial charge in [0.2, 0.25) is 0 Å². The minimum atomic E-state index is -0.707. The van der Waals surface area contributed by atoms with Gasteiger partial charge in [0.25, 0.3) is 0 Å². The highest BCUT2D eigenvalue weighted by molar-refractivity contribution is 5.71. The predicted molar refractivity (Wildman–Crippen MR) is 49.7 cm³/mol. The third-order valence-electron chi connectivity index (χ3n) is 2.88. The van der Waals surface area contributed by atoms with Gasteiger partial charge >= 0.3 is 11.9 Å². The molecule has 0 spiro atoms. The molecule has 4 nitrogen and oxygen atoms in total. The molecule has 80 valence electrons. The van der Waals surface area contributed by atoms with Crippen LogP contribution in [-0.4, -0.2) is 24.2 Å². The highest BCUT2D eigenvalue weighted by Crippen LogP contribution is 2.30. The lowest BCUT2D eigenvalue weighted by molar-refractivity contribution is -0.143. The number of carboxylic acid groups (broad SMARTS) is 1. The maximum Gasteiger partial charge on any atom is 0.306 e. The highest BCUT2D eigenvalue weighted by atomic mass is 16.5. The van der Waals surface area contributed by atoms with Gasteiger partial charge < -0.3 is 9.84 Å². The third kappa shape index (κ3) is 3.01. The van der Waals surface area contributed by atoms with Gasteiger partial charge in [0, 0.05) is 6.42 Å². The number of methoxy groups -OCH3 is 1. The van der Waals surface area contributed by atoms with Crippen molar-refractivity contribution in [2.24, 2.45) is 11.8 Å². The van der Waals surface area contributed by atoms with Crippen molar-refractivity contribution in [1.29, 1.82) is 0 Å². The highest BCUT2D eigenvalue weighted by Gasteiger charge is 2.27. The molecule has 1 fully saturated rings. The molecule has 0 unspecified atom stereocenters. The van der Waals surface area contributed by atoms with E-state index in [0.717, 1.165) is 12.8 Å². The maximum absolute atomic E-state index is 11.0. The fourth-order valence-electron chi connectivity index (χ4n) is 1.93. The summed E-state index contributed by atoms with van der Waals surface area (Å²) in [6.45, 7) is 0. The van der Waals surface area contributed by atoms with Crippen molar-refractivity contribution in [2.45, 2.75) is 32.1 Å². The van der Waals surface area contributed by atoms with Crippen molar-refractivity contribution in [2.75, 3.05) is 7.11 Å². The van der Waals surface area contributed by atoms with E-state index in [-0.39, 0.29) is 11.9 Å². The van der Waals surface area contributed by atoms with Crippen molar-refractivity contribution in [3.8, 4) is 0 Å². The van der Waals surface area contributed by atoms with Crippen LogP contribution in [0.4, 0.5) is 0 Å². The molecule has 1 saturated carbocycles. The number of ether oxygens (including phenoxy) is 1. The van der Waals surface area contributed by atoms with Crippen LogP contribution in [0.1, 0.15) is 32.1 Å². The SMILES string of the molecule is COC(=O)C[C@H]1CC[C@H](C(=O)O)CC1. The Balaban J connectivity index is 2.29. The second kappa shape index (κ2) is 4.98. The minimum Gasteiger partial charge on any atom is -0.481 e. The number of carboxylic acids is 1. The minimum absolute atomic E-state index is 0.191. The second-order valence-corrected chi connectivity index (χ2v) is 3.84. The van der Waals surface area contributed by atoms with Gasteiger partial charge in [0.1, 0.15) is 0 Å².